The van der Waals surface area contributed by atoms with E-state index in [1.165, 1.54) is 7.11 Å². The molecule has 0 aliphatic rings. The van der Waals surface area contributed by atoms with Gasteiger partial charge >= 0.3 is 11.9 Å². The number of benzene rings is 2. The van der Waals surface area contributed by atoms with Gasteiger partial charge in [-0.25, -0.2) is 9.59 Å². The van der Waals surface area contributed by atoms with E-state index in [-0.39, 0.29) is 17.8 Å². The Kier molecular flexibility index (Phi) is 9.93. The van der Waals surface area contributed by atoms with Crippen LogP contribution in [-0.2, 0) is 27.1 Å². The van der Waals surface area contributed by atoms with Crippen LogP contribution in [-0.4, -0.2) is 59.1 Å². The van der Waals surface area contributed by atoms with Crippen molar-refractivity contribution in [3.8, 4) is 0 Å². The first kappa shape index (κ1) is 29.8. The standard InChI is InChI=1S/C30H35N7O5/c1-3-42-28(39)20-6-4-7-22(16-20)33-15-5-8-23(29(40)41-2)35-27(38)19-12-9-18(10-13-19)11-14-21-17-34-26-24(21)25(31)36-30(32)37-26/h4,6-7,9-10,12-13,16-17,23,33H,3,5,8,11,14-15H2,1-2H3,(H,35,38)(H5,31,32,34,36,37)/t23-/m0/s1. The van der Waals surface area contributed by atoms with E-state index in [1.807, 2.05) is 24.4 Å². The van der Waals surface area contributed by atoms with Gasteiger partial charge in [-0.3, -0.25) is 4.79 Å². The average Bonchev–Trinajstić information content (AvgIpc) is 3.40. The Morgan fingerprint density at radius 2 is 1.81 bits per heavy atom. The second-order valence-electron chi connectivity index (χ2n) is 9.62. The summed E-state index contributed by atoms with van der Waals surface area (Å²) in [7, 11) is 1.29. The lowest BCUT2D eigenvalue weighted by Gasteiger charge is -2.17. The van der Waals surface area contributed by atoms with Crippen LogP contribution in [0, 0.1) is 0 Å². The Balaban J connectivity index is 1.29. The number of carbonyl (C=O) groups is 3. The van der Waals surface area contributed by atoms with Crippen LogP contribution in [0.2, 0.25) is 0 Å². The van der Waals surface area contributed by atoms with E-state index in [2.05, 4.69) is 25.6 Å². The Hall–Kier alpha value is -5.13. The third-order valence-electron chi connectivity index (χ3n) is 6.72. The fraction of sp³-hybridized carbons (Fsp3) is 0.300. The number of hydrogen-bond donors (Lipinski definition) is 5. The fourth-order valence-corrected chi connectivity index (χ4v) is 4.59. The zero-order valence-electron chi connectivity index (χ0n) is 23.6. The van der Waals surface area contributed by atoms with Gasteiger partial charge in [-0.05, 0) is 74.1 Å². The topological polar surface area (TPSA) is 187 Å². The number of esters is 2. The highest BCUT2D eigenvalue weighted by molar-refractivity contribution is 5.97. The summed E-state index contributed by atoms with van der Waals surface area (Å²) in [5.41, 5.74) is 16.0. The van der Waals surface area contributed by atoms with Crippen LogP contribution < -0.4 is 22.1 Å². The molecule has 0 saturated heterocycles. The number of nitrogens with one attached hydrogen (secondary N) is 3. The number of H-pyrrole nitrogens is 1. The number of nitrogens with two attached hydrogens (primary N) is 2. The normalized spacial score (nSPS) is 11.6. The highest BCUT2D eigenvalue weighted by Crippen LogP contribution is 2.24. The van der Waals surface area contributed by atoms with Crippen LogP contribution in [0.25, 0.3) is 11.0 Å². The molecular formula is C30H35N7O5. The van der Waals surface area contributed by atoms with Crippen LogP contribution in [0.3, 0.4) is 0 Å². The van der Waals surface area contributed by atoms with E-state index < -0.39 is 12.0 Å². The number of nitrogen functional groups attached to an aromatic ring is 2. The minimum atomic E-state index is -0.807. The van der Waals surface area contributed by atoms with Crippen LogP contribution in [0.4, 0.5) is 17.5 Å². The first-order chi connectivity index (χ1) is 20.3. The summed E-state index contributed by atoms with van der Waals surface area (Å²) >= 11 is 0. The Bertz CT molecular complexity index is 1550. The van der Waals surface area contributed by atoms with Crippen LogP contribution >= 0.6 is 0 Å². The molecule has 7 N–H and O–H groups in total. The monoisotopic (exact) mass is 573 g/mol. The van der Waals surface area contributed by atoms with Gasteiger partial charge in [0.15, 0.2) is 0 Å². The summed E-state index contributed by atoms with van der Waals surface area (Å²) in [6.07, 6.45) is 4.18. The van der Waals surface area contributed by atoms with Crippen molar-refractivity contribution in [2.75, 3.05) is 37.0 Å². The van der Waals surface area contributed by atoms with Crippen molar-refractivity contribution in [1.29, 1.82) is 0 Å². The van der Waals surface area contributed by atoms with Gasteiger partial charge in [0, 0.05) is 24.0 Å². The number of aromatic amines is 1. The van der Waals surface area contributed by atoms with E-state index in [1.54, 1.807) is 37.3 Å². The number of ether oxygens (including phenoxy) is 2. The maximum atomic E-state index is 12.9. The summed E-state index contributed by atoms with van der Waals surface area (Å²) < 4.78 is 9.94. The molecule has 1 atom stereocenters. The predicted molar refractivity (Wildman–Crippen MR) is 160 cm³/mol. The second-order valence-corrected chi connectivity index (χ2v) is 9.62. The third-order valence-corrected chi connectivity index (χ3v) is 6.72. The zero-order chi connectivity index (χ0) is 30.1. The average molecular weight is 574 g/mol. The maximum Gasteiger partial charge on any atom is 0.338 e. The molecule has 12 nitrogen and oxygen atoms in total. The zero-order valence-corrected chi connectivity index (χ0v) is 23.6. The molecule has 0 bridgehead atoms. The molecule has 220 valence electrons. The summed E-state index contributed by atoms with van der Waals surface area (Å²) in [5.74, 6) is -0.825. The molecule has 2 heterocycles. The van der Waals surface area contributed by atoms with E-state index >= 15 is 0 Å². The first-order valence-corrected chi connectivity index (χ1v) is 13.7. The molecule has 0 radical (unpaired) electrons. The molecule has 4 rings (SSSR count). The number of methoxy groups -OCH3 is 1. The minimum Gasteiger partial charge on any atom is -0.467 e. The van der Waals surface area contributed by atoms with Gasteiger partial charge < -0.3 is 36.6 Å². The van der Waals surface area contributed by atoms with E-state index in [0.29, 0.717) is 61.4 Å². The molecule has 0 spiro atoms. The van der Waals surface area contributed by atoms with Crippen molar-refractivity contribution in [1.82, 2.24) is 20.3 Å². The molecule has 2 aromatic carbocycles. The van der Waals surface area contributed by atoms with Crippen molar-refractivity contribution in [3.63, 3.8) is 0 Å². The number of rotatable bonds is 13. The van der Waals surface area contributed by atoms with Gasteiger partial charge in [0.25, 0.3) is 5.91 Å². The summed E-state index contributed by atoms with van der Waals surface area (Å²) in [6.45, 7) is 2.58. The van der Waals surface area contributed by atoms with Crippen molar-refractivity contribution >= 4 is 46.3 Å². The van der Waals surface area contributed by atoms with E-state index in [9.17, 15) is 14.4 Å². The Morgan fingerprint density at radius 3 is 2.55 bits per heavy atom. The van der Waals surface area contributed by atoms with Gasteiger partial charge in [0.05, 0.1) is 24.7 Å². The summed E-state index contributed by atoms with van der Waals surface area (Å²) in [4.78, 5) is 48.6. The van der Waals surface area contributed by atoms with Gasteiger partial charge in [-0.15, -0.1) is 0 Å². The molecule has 0 saturated carbocycles. The molecule has 1 amide bonds. The van der Waals surface area contributed by atoms with Crippen molar-refractivity contribution in [2.24, 2.45) is 0 Å². The molecule has 0 aliphatic heterocycles. The van der Waals surface area contributed by atoms with Gasteiger partial charge in [-0.2, -0.15) is 9.97 Å². The lowest BCUT2D eigenvalue weighted by atomic mass is 10.0. The SMILES string of the molecule is CCOC(=O)c1cccc(NCCC[C@H](NC(=O)c2ccc(CCc3c[nH]c4nc(N)nc(N)c34)cc2)C(=O)OC)c1. The molecule has 0 aliphatic carbocycles. The number of aromatic nitrogens is 3. The van der Waals surface area contributed by atoms with Gasteiger partial charge in [0.1, 0.15) is 17.5 Å². The Labute approximate surface area is 243 Å². The first-order valence-electron chi connectivity index (χ1n) is 13.7. The minimum absolute atomic E-state index is 0.117. The lowest BCUT2D eigenvalue weighted by molar-refractivity contribution is -0.143. The van der Waals surface area contributed by atoms with E-state index in [4.69, 9.17) is 20.9 Å². The molecular weight excluding hydrogens is 538 g/mol. The number of anilines is 3. The second kappa shape index (κ2) is 14.0. The molecule has 0 fully saturated rings. The van der Waals surface area contributed by atoms with Crippen LogP contribution in [0.1, 0.15) is 51.6 Å². The van der Waals surface area contributed by atoms with Crippen molar-refractivity contribution < 1.29 is 23.9 Å². The predicted octanol–water partition coefficient (Wildman–Crippen LogP) is 3.25. The van der Waals surface area contributed by atoms with Gasteiger partial charge in [0.2, 0.25) is 5.95 Å². The lowest BCUT2D eigenvalue weighted by Crippen LogP contribution is -2.41. The number of fused-ring (bicyclic) bond motifs is 1. The maximum absolute atomic E-state index is 12.9. The third kappa shape index (κ3) is 7.53. The van der Waals surface area contributed by atoms with E-state index in [0.717, 1.165) is 22.2 Å². The molecule has 12 heteroatoms. The molecule has 42 heavy (non-hydrogen) atoms. The quantitative estimate of drug-likeness (QED) is 0.117. The smallest absolute Gasteiger partial charge is 0.338 e. The highest BCUT2D eigenvalue weighted by atomic mass is 16.5. The number of amides is 1. The number of aryl methyl sites for hydroxylation is 2. The number of nitrogens with zero attached hydrogens (tertiary/aromatic N) is 2. The highest BCUT2D eigenvalue weighted by Gasteiger charge is 2.22. The molecule has 4 aromatic rings. The van der Waals surface area contributed by atoms with Crippen LogP contribution in [0.5, 0.6) is 0 Å². The van der Waals surface area contributed by atoms with Crippen LogP contribution in [0.15, 0.2) is 54.7 Å². The molecule has 0 unspecified atom stereocenters. The van der Waals surface area contributed by atoms with Crippen molar-refractivity contribution in [3.05, 3.63) is 77.0 Å². The number of hydrogen-bond acceptors (Lipinski definition) is 10. The summed E-state index contributed by atoms with van der Waals surface area (Å²) in [6, 6.07) is 13.4. The summed E-state index contributed by atoms with van der Waals surface area (Å²) in [5, 5.41) is 6.77. The number of carbonyl (C=O) groups excluding carboxylic acids is 3. The van der Waals surface area contributed by atoms with Crippen molar-refractivity contribution in [2.45, 2.75) is 38.6 Å². The molecule has 2 aromatic heterocycles. The fourth-order valence-electron chi connectivity index (χ4n) is 4.59. The largest absolute Gasteiger partial charge is 0.467 e. The van der Waals surface area contributed by atoms with Gasteiger partial charge in [-0.1, -0.05) is 18.2 Å². The Morgan fingerprint density at radius 1 is 1.02 bits per heavy atom.